The third-order valence-electron chi connectivity index (χ3n) is 5.15. The summed E-state index contributed by atoms with van der Waals surface area (Å²) in [6, 6.07) is 11.7. The van der Waals surface area contributed by atoms with Crippen LogP contribution in [0.3, 0.4) is 0 Å². The van der Waals surface area contributed by atoms with E-state index < -0.39 is 0 Å². The van der Waals surface area contributed by atoms with Crippen LogP contribution < -0.4 is 14.4 Å². The zero-order valence-electron chi connectivity index (χ0n) is 15.8. The van der Waals surface area contributed by atoms with E-state index in [2.05, 4.69) is 26.9 Å². The molecule has 2 aliphatic rings. The van der Waals surface area contributed by atoms with Gasteiger partial charge in [-0.2, -0.15) is 10.2 Å². The predicted octanol–water partition coefficient (Wildman–Crippen LogP) is 2.90. The van der Waals surface area contributed by atoms with Crippen LogP contribution in [0.5, 0.6) is 11.5 Å². The molecular weight excluding hydrogens is 372 g/mol. The van der Waals surface area contributed by atoms with E-state index >= 15 is 0 Å². The minimum atomic E-state index is 0.285. The fourth-order valence-corrected chi connectivity index (χ4v) is 3.71. The van der Waals surface area contributed by atoms with Gasteiger partial charge in [0.15, 0.2) is 17.3 Å². The van der Waals surface area contributed by atoms with E-state index in [9.17, 15) is 5.26 Å². The summed E-state index contributed by atoms with van der Waals surface area (Å²) < 4.78 is 22.7. The van der Waals surface area contributed by atoms with Crippen molar-refractivity contribution in [2.45, 2.75) is 6.54 Å². The van der Waals surface area contributed by atoms with E-state index in [1.54, 1.807) is 18.4 Å². The minimum Gasteiger partial charge on any atom is -0.486 e. The third kappa shape index (κ3) is 3.41. The summed E-state index contributed by atoms with van der Waals surface area (Å²) in [4.78, 5) is 8.70. The van der Waals surface area contributed by atoms with Gasteiger partial charge in [0, 0.05) is 38.3 Å². The number of oxazole rings is 1. The first-order valence-electron chi connectivity index (χ1n) is 9.61. The number of piperazine rings is 1. The SMILES string of the molecule is N#Cc1nc(-c2ccco2)oc1N1CCN(Cc2cccc3c2OCCO3)CC1. The topological polar surface area (TPSA) is 87.9 Å². The van der Waals surface area contributed by atoms with Crippen molar-refractivity contribution in [3.8, 4) is 29.2 Å². The van der Waals surface area contributed by atoms with Gasteiger partial charge in [0.25, 0.3) is 5.89 Å². The summed E-state index contributed by atoms with van der Waals surface area (Å²) in [6.45, 7) is 5.13. The number of para-hydroxylation sites is 1. The molecule has 1 fully saturated rings. The van der Waals surface area contributed by atoms with Gasteiger partial charge in [-0.25, -0.2) is 0 Å². The molecule has 148 valence electrons. The molecule has 1 saturated heterocycles. The molecule has 2 aromatic heterocycles. The molecule has 0 unspecified atom stereocenters. The second-order valence-corrected chi connectivity index (χ2v) is 6.97. The van der Waals surface area contributed by atoms with Gasteiger partial charge in [-0.15, -0.1) is 0 Å². The first-order chi connectivity index (χ1) is 14.3. The van der Waals surface area contributed by atoms with Crippen molar-refractivity contribution < 1.29 is 18.3 Å². The van der Waals surface area contributed by atoms with Gasteiger partial charge in [0.2, 0.25) is 11.6 Å². The Kier molecular flexibility index (Phi) is 4.58. The van der Waals surface area contributed by atoms with Crippen molar-refractivity contribution in [1.82, 2.24) is 9.88 Å². The van der Waals surface area contributed by atoms with E-state index in [0.29, 0.717) is 30.7 Å². The molecule has 8 heteroatoms. The number of nitriles is 1. The van der Waals surface area contributed by atoms with Crippen LogP contribution >= 0.6 is 0 Å². The fourth-order valence-electron chi connectivity index (χ4n) is 3.71. The molecule has 1 aromatic carbocycles. The summed E-state index contributed by atoms with van der Waals surface area (Å²) in [7, 11) is 0. The van der Waals surface area contributed by atoms with E-state index in [1.807, 2.05) is 12.1 Å². The van der Waals surface area contributed by atoms with Crippen LogP contribution in [-0.4, -0.2) is 49.3 Å². The number of hydrogen-bond donors (Lipinski definition) is 0. The molecule has 8 nitrogen and oxygen atoms in total. The third-order valence-corrected chi connectivity index (χ3v) is 5.15. The molecule has 4 heterocycles. The van der Waals surface area contributed by atoms with Gasteiger partial charge in [-0.3, -0.25) is 4.90 Å². The Hall–Kier alpha value is -3.44. The van der Waals surface area contributed by atoms with Gasteiger partial charge in [0.1, 0.15) is 19.3 Å². The summed E-state index contributed by atoms with van der Waals surface area (Å²) in [5, 5.41) is 9.45. The van der Waals surface area contributed by atoms with E-state index in [0.717, 1.165) is 49.8 Å². The normalized spacial score (nSPS) is 16.6. The number of benzene rings is 1. The number of rotatable bonds is 4. The standard InChI is InChI=1S/C21H20N4O4/c22-13-16-21(29-20(23-16)18-5-2-10-26-18)25-8-6-24(7-9-25)14-15-3-1-4-17-19(15)28-12-11-27-17/h1-5,10H,6-9,11-12,14H2. The second kappa shape index (κ2) is 7.53. The van der Waals surface area contributed by atoms with E-state index in [1.165, 1.54) is 0 Å². The summed E-state index contributed by atoms with van der Waals surface area (Å²) in [5.74, 6) is 3.02. The van der Waals surface area contributed by atoms with Crippen LogP contribution in [0.1, 0.15) is 11.3 Å². The number of fused-ring (bicyclic) bond motifs is 1. The lowest BCUT2D eigenvalue weighted by Crippen LogP contribution is -2.46. The highest BCUT2D eigenvalue weighted by molar-refractivity contribution is 5.56. The molecule has 3 aromatic rings. The predicted molar refractivity (Wildman–Crippen MR) is 104 cm³/mol. The molecule has 29 heavy (non-hydrogen) atoms. The minimum absolute atomic E-state index is 0.285. The van der Waals surface area contributed by atoms with Gasteiger partial charge in [-0.05, 0) is 18.2 Å². The highest BCUT2D eigenvalue weighted by Crippen LogP contribution is 2.35. The van der Waals surface area contributed by atoms with Crippen LogP contribution in [0, 0.1) is 11.3 Å². The summed E-state index contributed by atoms with van der Waals surface area (Å²) in [6.07, 6.45) is 1.56. The maximum absolute atomic E-state index is 9.45. The Morgan fingerprint density at radius 2 is 1.90 bits per heavy atom. The van der Waals surface area contributed by atoms with Crippen LogP contribution in [-0.2, 0) is 6.54 Å². The number of hydrogen-bond acceptors (Lipinski definition) is 8. The lowest BCUT2D eigenvalue weighted by molar-refractivity contribution is 0.165. The average Bonchev–Trinajstić information content (AvgIpc) is 3.44. The Morgan fingerprint density at radius 1 is 1.03 bits per heavy atom. The van der Waals surface area contributed by atoms with E-state index in [-0.39, 0.29) is 5.69 Å². The lowest BCUT2D eigenvalue weighted by Gasteiger charge is -2.35. The number of ether oxygens (including phenoxy) is 2. The maximum atomic E-state index is 9.45. The number of furan rings is 1. The molecule has 0 spiro atoms. The molecule has 5 rings (SSSR count). The fraction of sp³-hybridized carbons (Fsp3) is 0.333. The van der Waals surface area contributed by atoms with Gasteiger partial charge in [-0.1, -0.05) is 12.1 Å². The monoisotopic (exact) mass is 392 g/mol. The molecule has 2 aliphatic heterocycles. The summed E-state index contributed by atoms with van der Waals surface area (Å²) in [5.41, 5.74) is 1.42. The Morgan fingerprint density at radius 3 is 2.69 bits per heavy atom. The zero-order chi connectivity index (χ0) is 19.6. The molecule has 0 N–H and O–H groups in total. The first kappa shape index (κ1) is 17.6. The molecule has 0 saturated carbocycles. The highest BCUT2D eigenvalue weighted by atomic mass is 16.6. The first-order valence-corrected chi connectivity index (χ1v) is 9.61. The van der Waals surface area contributed by atoms with Gasteiger partial charge < -0.3 is 23.2 Å². The van der Waals surface area contributed by atoms with Crippen molar-refractivity contribution in [2.75, 3.05) is 44.3 Å². The van der Waals surface area contributed by atoms with E-state index in [4.69, 9.17) is 18.3 Å². The van der Waals surface area contributed by atoms with Crippen molar-refractivity contribution in [3.05, 3.63) is 47.9 Å². The quantitative estimate of drug-likeness (QED) is 0.670. The van der Waals surface area contributed by atoms with Crippen molar-refractivity contribution >= 4 is 5.88 Å². The number of aromatic nitrogens is 1. The van der Waals surface area contributed by atoms with Crippen molar-refractivity contribution in [3.63, 3.8) is 0 Å². The molecule has 0 radical (unpaired) electrons. The Bertz CT molecular complexity index is 1030. The van der Waals surface area contributed by atoms with Crippen molar-refractivity contribution in [2.24, 2.45) is 0 Å². The number of anilines is 1. The molecule has 0 bridgehead atoms. The van der Waals surface area contributed by atoms with Crippen LogP contribution in [0.2, 0.25) is 0 Å². The zero-order valence-corrected chi connectivity index (χ0v) is 15.8. The highest BCUT2D eigenvalue weighted by Gasteiger charge is 2.26. The van der Waals surface area contributed by atoms with Crippen LogP contribution in [0.15, 0.2) is 45.4 Å². The van der Waals surface area contributed by atoms with Crippen LogP contribution in [0.25, 0.3) is 11.7 Å². The molecule has 0 aliphatic carbocycles. The Balaban J connectivity index is 1.27. The molecule has 0 amide bonds. The molecular formula is C21H20N4O4. The Labute approximate surface area is 167 Å². The maximum Gasteiger partial charge on any atom is 0.266 e. The second-order valence-electron chi connectivity index (χ2n) is 6.97. The van der Waals surface area contributed by atoms with Gasteiger partial charge >= 0.3 is 0 Å². The lowest BCUT2D eigenvalue weighted by atomic mass is 10.1. The summed E-state index contributed by atoms with van der Waals surface area (Å²) >= 11 is 0. The van der Waals surface area contributed by atoms with Crippen LogP contribution in [0.4, 0.5) is 5.88 Å². The number of nitrogens with zero attached hydrogens (tertiary/aromatic N) is 4. The largest absolute Gasteiger partial charge is 0.486 e. The van der Waals surface area contributed by atoms with Gasteiger partial charge in [0.05, 0.1) is 6.26 Å². The smallest absolute Gasteiger partial charge is 0.266 e. The average molecular weight is 392 g/mol. The van der Waals surface area contributed by atoms with Crippen molar-refractivity contribution in [1.29, 1.82) is 5.26 Å². The molecule has 0 atom stereocenters.